The van der Waals surface area contributed by atoms with Crippen molar-refractivity contribution in [1.82, 2.24) is 18.7 Å². The van der Waals surface area contributed by atoms with Gasteiger partial charge in [-0.3, -0.25) is 13.9 Å². The third-order valence-corrected chi connectivity index (χ3v) is 4.70. The number of aromatic nitrogens is 4. The predicted molar refractivity (Wildman–Crippen MR) is 97.9 cm³/mol. The van der Waals surface area contributed by atoms with E-state index in [1.54, 1.807) is 17.9 Å². The number of rotatable bonds is 4. The van der Waals surface area contributed by atoms with E-state index in [2.05, 4.69) is 32.9 Å². The minimum atomic E-state index is -0.371. The molecule has 0 radical (unpaired) electrons. The number of nitrogens with zero attached hydrogens (tertiary/aromatic N) is 4. The molecule has 2 heterocycles. The number of aryl methyl sites for hydroxylation is 1. The molecule has 3 rings (SSSR count). The van der Waals surface area contributed by atoms with Crippen molar-refractivity contribution in [3.05, 3.63) is 55.0 Å². The van der Waals surface area contributed by atoms with E-state index in [1.807, 2.05) is 24.3 Å². The minimum absolute atomic E-state index is 0.324. The van der Waals surface area contributed by atoms with Gasteiger partial charge in [-0.05, 0) is 34.7 Å². The fourth-order valence-electron chi connectivity index (χ4n) is 2.48. The highest BCUT2D eigenvalue weighted by atomic mass is 127. The Morgan fingerprint density at radius 2 is 1.91 bits per heavy atom. The van der Waals surface area contributed by atoms with Gasteiger partial charge in [0.25, 0.3) is 5.56 Å². The van der Waals surface area contributed by atoms with Crippen LogP contribution in [-0.4, -0.2) is 25.2 Å². The summed E-state index contributed by atoms with van der Waals surface area (Å²) >= 11 is 2.27. The number of nitrogens with one attached hydrogen (secondary N) is 1. The van der Waals surface area contributed by atoms with Crippen LogP contribution in [0.2, 0.25) is 0 Å². The lowest BCUT2D eigenvalue weighted by atomic mass is 10.3. The molecule has 3 aromatic rings. The molecule has 8 heteroatoms. The molecule has 1 N–H and O–H groups in total. The number of hydrogen-bond acceptors (Lipinski definition) is 4. The standard InChI is InChI=1S/C15H16IN5O2/c1-19-13-12(14(22)20(2)15(19)23)21(9-18-13)8-7-17-11-6-4-3-5-10(11)16/h3-6,9,17H,7-8H2,1-2H3. The first kappa shape index (κ1) is 15.8. The van der Waals surface area contributed by atoms with E-state index in [0.29, 0.717) is 24.3 Å². The molecule has 0 aliphatic rings. The summed E-state index contributed by atoms with van der Waals surface area (Å²) in [6.07, 6.45) is 1.60. The maximum absolute atomic E-state index is 12.3. The zero-order valence-electron chi connectivity index (χ0n) is 12.8. The highest BCUT2D eigenvalue weighted by Gasteiger charge is 2.13. The third kappa shape index (κ3) is 2.78. The Balaban J connectivity index is 1.89. The first-order valence-corrected chi connectivity index (χ1v) is 8.18. The molecule has 0 fully saturated rings. The molecular formula is C15H16IN5O2. The molecule has 0 aliphatic carbocycles. The van der Waals surface area contributed by atoms with Gasteiger partial charge < -0.3 is 9.88 Å². The Hall–Kier alpha value is -2.10. The van der Waals surface area contributed by atoms with Crippen molar-refractivity contribution in [2.75, 3.05) is 11.9 Å². The minimum Gasteiger partial charge on any atom is -0.382 e. The molecular weight excluding hydrogens is 409 g/mol. The lowest BCUT2D eigenvalue weighted by molar-refractivity contribution is 0.695. The van der Waals surface area contributed by atoms with Crippen LogP contribution in [0.4, 0.5) is 5.69 Å². The maximum Gasteiger partial charge on any atom is 0.332 e. The van der Waals surface area contributed by atoms with Gasteiger partial charge in [0, 0.05) is 36.4 Å². The molecule has 120 valence electrons. The van der Waals surface area contributed by atoms with Crippen LogP contribution in [0.15, 0.2) is 40.2 Å². The number of benzene rings is 1. The second kappa shape index (κ2) is 6.19. The van der Waals surface area contributed by atoms with E-state index in [0.717, 1.165) is 13.8 Å². The summed E-state index contributed by atoms with van der Waals surface area (Å²) in [5.41, 5.74) is 1.21. The molecule has 0 saturated heterocycles. The first-order valence-electron chi connectivity index (χ1n) is 7.10. The van der Waals surface area contributed by atoms with Gasteiger partial charge in [0.2, 0.25) is 0 Å². The van der Waals surface area contributed by atoms with Crippen LogP contribution < -0.4 is 16.6 Å². The van der Waals surface area contributed by atoms with E-state index < -0.39 is 0 Å². The second-order valence-corrected chi connectivity index (χ2v) is 6.38. The number of imidazole rings is 1. The van der Waals surface area contributed by atoms with Crippen molar-refractivity contribution >= 4 is 39.4 Å². The van der Waals surface area contributed by atoms with Gasteiger partial charge in [-0.25, -0.2) is 9.78 Å². The zero-order chi connectivity index (χ0) is 16.6. The van der Waals surface area contributed by atoms with E-state index in [-0.39, 0.29) is 11.2 Å². The lowest BCUT2D eigenvalue weighted by Crippen LogP contribution is -2.37. The van der Waals surface area contributed by atoms with Gasteiger partial charge in [0.1, 0.15) is 0 Å². The predicted octanol–water partition coefficient (Wildman–Crippen LogP) is 1.15. The van der Waals surface area contributed by atoms with Gasteiger partial charge >= 0.3 is 5.69 Å². The van der Waals surface area contributed by atoms with Crippen LogP contribution in [0.25, 0.3) is 11.2 Å². The van der Waals surface area contributed by atoms with Crippen molar-refractivity contribution in [2.45, 2.75) is 6.54 Å². The molecule has 7 nitrogen and oxygen atoms in total. The molecule has 0 bridgehead atoms. The van der Waals surface area contributed by atoms with Crippen LogP contribution in [0.3, 0.4) is 0 Å². The van der Waals surface area contributed by atoms with Crippen molar-refractivity contribution in [2.24, 2.45) is 14.1 Å². The number of fused-ring (bicyclic) bond motifs is 1. The zero-order valence-corrected chi connectivity index (χ0v) is 14.9. The molecule has 23 heavy (non-hydrogen) atoms. The molecule has 0 atom stereocenters. The SMILES string of the molecule is Cn1c(=O)c2c(ncn2CCNc2ccccc2I)n(C)c1=O. The van der Waals surface area contributed by atoms with Crippen LogP contribution >= 0.6 is 22.6 Å². The molecule has 0 saturated carbocycles. The Morgan fingerprint density at radius 3 is 2.65 bits per heavy atom. The molecule has 0 amide bonds. The summed E-state index contributed by atoms with van der Waals surface area (Å²) < 4.78 is 5.41. The fourth-order valence-corrected chi connectivity index (χ4v) is 3.06. The van der Waals surface area contributed by atoms with Crippen LogP contribution in [-0.2, 0) is 20.6 Å². The summed E-state index contributed by atoms with van der Waals surface area (Å²) in [6.45, 7) is 1.23. The van der Waals surface area contributed by atoms with Crippen molar-refractivity contribution in [1.29, 1.82) is 0 Å². The highest BCUT2D eigenvalue weighted by Crippen LogP contribution is 2.16. The molecule has 2 aromatic heterocycles. The molecule has 0 unspecified atom stereocenters. The fraction of sp³-hybridized carbons (Fsp3) is 0.267. The summed E-state index contributed by atoms with van der Waals surface area (Å²) in [5, 5.41) is 3.34. The normalized spacial score (nSPS) is 11.1. The number of para-hydroxylation sites is 1. The van der Waals surface area contributed by atoms with Crippen LogP contribution in [0.5, 0.6) is 0 Å². The van der Waals surface area contributed by atoms with Gasteiger partial charge in [-0.2, -0.15) is 0 Å². The maximum atomic E-state index is 12.3. The molecule has 0 aliphatic heterocycles. The number of halogens is 1. The van der Waals surface area contributed by atoms with Crippen molar-refractivity contribution in [3.63, 3.8) is 0 Å². The monoisotopic (exact) mass is 425 g/mol. The Kier molecular flexibility index (Phi) is 4.24. The lowest BCUT2D eigenvalue weighted by Gasteiger charge is -2.10. The van der Waals surface area contributed by atoms with Crippen LogP contribution in [0.1, 0.15) is 0 Å². The van der Waals surface area contributed by atoms with E-state index in [9.17, 15) is 9.59 Å². The average molecular weight is 425 g/mol. The molecule has 1 aromatic carbocycles. The van der Waals surface area contributed by atoms with Gasteiger partial charge in [0.05, 0.1) is 6.33 Å². The quantitative estimate of drug-likeness (QED) is 0.637. The summed E-state index contributed by atoms with van der Waals surface area (Å²) in [7, 11) is 3.10. The van der Waals surface area contributed by atoms with E-state index >= 15 is 0 Å². The Morgan fingerprint density at radius 1 is 1.17 bits per heavy atom. The smallest absolute Gasteiger partial charge is 0.332 e. The molecule has 0 spiro atoms. The number of hydrogen-bond donors (Lipinski definition) is 1. The van der Waals surface area contributed by atoms with Gasteiger partial charge in [-0.1, -0.05) is 12.1 Å². The third-order valence-electron chi connectivity index (χ3n) is 3.76. The largest absolute Gasteiger partial charge is 0.382 e. The highest BCUT2D eigenvalue weighted by molar-refractivity contribution is 14.1. The Bertz CT molecular complexity index is 986. The summed E-state index contributed by atoms with van der Waals surface area (Å²) in [6, 6.07) is 8.00. The topological polar surface area (TPSA) is 73.8 Å². The first-order chi connectivity index (χ1) is 11.0. The number of anilines is 1. The summed E-state index contributed by atoms with van der Waals surface area (Å²) in [4.78, 5) is 28.5. The van der Waals surface area contributed by atoms with Crippen molar-refractivity contribution in [3.8, 4) is 0 Å². The van der Waals surface area contributed by atoms with E-state index in [1.165, 1.54) is 11.6 Å². The van der Waals surface area contributed by atoms with Gasteiger partial charge in [0.15, 0.2) is 11.2 Å². The van der Waals surface area contributed by atoms with Gasteiger partial charge in [-0.15, -0.1) is 0 Å². The van der Waals surface area contributed by atoms with Crippen molar-refractivity contribution < 1.29 is 0 Å². The average Bonchev–Trinajstić information content (AvgIpc) is 2.97. The van der Waals surface area contributed by atoms with E-state index in [4.69, 9.17) is 0 Å². The van der Waals surface area contributed by atoms with Crippen LogP contribution in [0, 0.1) is 3.57 Å². The Labute approximate surface area is 145 Å². The summed E-state index contributed by atoms with van der Waals surface area (Å²) in [5.74, 6) is 0. The second-order valence-electron chi connectivity index (χ2n) is 5.22.